The second kappa shape index (κ2) is 4.57. The van der Waals surface area contributed by atoms with Crippen LogP contribution in [0.4, 0.5) is 0 Å². The van der Waals surface area contributed by atoms with Crippen LogP contribution in [0.2, 0.25) is 0 Å². The smallest absolute Gasteiger partial charge is 0.244 e. The second-order valence-corrected chi connectivity index (χ2v) is 7.46. The Kier molecular flexibility index (Phi) is 2.93. The molecular formula is C16H22N2OS. The van der Waals surface area contributed by atoms with E-state index in [2.05, 4.69) is 34.0 Å². The van der Waals surface area contributed by atoms with E-state index in [-0.39, 0.29) is 11.7 Å². The molecule has 1 saturated heterocycles. The highest BCUT2D eigenvalue weighted by Crippen LogP contribution is 2.46. The Labute approximate surface area is 124 Å². The molecule has 3 aliphatic rings. The van der Waals surface area contributed by atoms with Crippen molar-refractivity contribution in [2.45, 2.75) is 63.2 Å². The number of amides is 1. The van der Waals surface area contributed by atoms with Gasteiger partial charge in [-0.25, -0.2) is 0 Å². The fourth-order valence-corrected chi connectivity index (χ4v) is 4.67. The van der Waals surface area contributed by atoms with Crippen molar-refractivity contribution in [3.8, 4) is 0 Å². The van der Waals surface area contributed by atoms with Crippen LogP contribution in [0.3, 0.4) is 0 Å². The third-order valence-electron chi connectivity index (χ3n) is 5.39. The summed E-state index contributed by atoms with van der Waals surface area (Å²) in [6.45, 7) is 2.24. The first-order valence-corrected chi connectivity index (χ1v) is 8.78. The van der Waals surface area contributed by atoms with Crippen LogP contribution < -0.4 is 5.32 Å². The highest BCUT2D eigenvalue weighted by molar-refractivity contribution is 7.07. The zero-order chi connectivity index (χ0) is 13.7. The quantitative estimate of drug-likeness (QED) is 0.926. The number of thiophene rings is 1. The van der Waals surface area contributed by atoms with Gasteiger partial charge in [-0.2, -0.15) is 11.3 Å². The van der Waals surface area contributed by atoms with Crippen molar-refractivity contribution in [2.75, 3.05) is 0 Å². The molecule has 0 bridgehead atoms. The zero-order valence-electron chi connectivity index (χ0n) is 12.0. The van der Waals surface area contributed by atoms with Crippen LogP contribution in [-0.2, 0) is 4.79 Å². The fraction of sp³-hybridized carbons (Fsp3) is 0.688. The fourth-order valence-electron chi connectivity index (χ4n) is 3.99. The lowest BCUT2D eigenvalue weighted by molar-refractivity contribution is -0.135. The van der Waals surface area contributed by atoms with Crippen LogP contribution in [0, 0.1) is 5.92 Å². The van der Waals surface area contributed by atoms with Gasteiger partial charge in [-0.1, -0.05) is 12.8 Å². The molecule has 2 heterocycles. The Balaban J connectivity index is 1.69. The van der Waals surface area contributed by atoms with Gasteiger partial charge in [-0.3, -0.25) is 10.1 Å². The van der Waals surface area contributed by atoms with Gasteiger partial charge in [0.15, 0.2) is 0 Å². The van der Waals surface area contributed by atoms with E-state index in [0.717, 1.165) is 18.8 Å². The van der Waals surface area contributed by atoms with Gasteiger partial charge in [0, 0.05) is 6.04 Å². The van der Waals surface area contributed by atoms with Gasteiger partial charge >= 0.3 is 0 Å². The molecule has 2 saturated carbocycles. The first-order valence-electron chi connectivity index (χ1n) is 7.84. The monoisotopic (exact) mass is 290 g/mol. The largest absolute Gasteiger partial charge is 0.318 e. The Morgan fingerprint density at radius 2 is 2.15 bits per heavy atom. The SMILES string of the molecule is CC(C1CC1)N1C(=O)C2(CCCC2)NC1c1ccsc1. The van der Waals surface area contributed by atoms with E-state index in [4.69, 9.17) is 0 Å². The van der Waals surface area contributed by atoms with Crippen LogP contribution in [0.5, 0.6) is 0 Å². The molecule has 1 aliphatic heterocycles. The highest BCUT2D eigenvalue weighted by Gasteiger charge is 2.55. The molecule has 2 atom stereocenters. The van der Waals surface area contributed by atoms with Gasteiger partial charge in [0.05, 0.1) is 5.54 Å². The molecule has 3 fully saturated rings. The summed E-state index contributed by atoms with van der Waals surface area (Å²) >= 11 is 1.72. The van der Waals surface area contributed by atoms with E-state index in [0.29, 0.717) is 11.9 Å². The lowest BCUT2D eigenvalue weighted by Gasteiger charge is -2.30. The summed E-state index contributed by atoms with van der Waals surface area (Å²) in [5, 5.41) is 8.01. The van der Waals surface area contributed by atoms with E-state index in [1.54, 1.807) is 11.3 Å². The van der Waals surface area contributed by atoms with Crippen molar-refractivity contribution < 1.29 is 4.79 Å². The van der Waals surface area contributed by atoms with Crippen LogP contribution in [0.25, 0.3) is 0 Å². The topological polar surface area (TPSA) is 32.3 Å². The highest BCUT2D eigenvalue weighted by atomic mass is 32.1. The third-order valence-corrected chi connectivity index (χ3v) is 6.10. The molecule has 4 heteroatoms. The third kappa shape index (κ3) is 1.85. The minimum atomic E-state index is -0.254. The summed E-state index contributed by atoms with van der Waals surface area (Å²) < 4.78 is 0. The number of carbonyl (C=O) groups is 1. The Morgan fingerprint density at radius 3 is 2.75 bits per heavy atom. The van der Waals surface area contributed by atoms with Gasteiger partial charge < -0.3 is 4.90 Å². The minimum Gasteiger partial charge on any atom is -0.318 e. The number of nitrogens with one attached hydrogen (secondary N) is 1. The van der Waals surface area contributed by atoms with Crippen molar-refractivity contribution in [3.63, 3.8) is 0 Å². The van der Waals surface area contributed by atoms with Gasteiger partial charge in [-0.05, 0) is 60.9 Å². The van der Waals surface area contributed by atoms with Gasteiger partial charge in [0.2, 0.25) is 5.91 Å². The number of hydrogen-bond acceptors (Lipinski definition) is 3. The van der Waals surface area contributed by atoms with E-state index in [1.807, 2.05) is 0 Å². The molecule has 1 N–H and O–H groups in total. The Hall–Kier alpha value is -0.870. The van der Waals surface area contributed by atoms with E-state index < -0.39 is 0 Å². The van der Waals surface area contributed by atoms with Crippen LogP contribution in [0.1, 0.15) is 57.2 Å². The molecule has 20 heavy (non-hydrogen) atoms. The van der Waals surface area contributed by atoms with Gasteiger partial charge in [-0.15, -0.1) is 0 Å². The van der Waals surface area contributed by atoms with Crippen molar-refractivity contribution >= 4 is 17.2 Å². The van der Waals surface area contributed by atoms with Gasteiger partial charge in [0.25, 0.3) is 0 Å². The number of carbonyl (C=O) groups excluding carboxylic acids is 1. The first-order chi connectivity index (χ1) is 9.71. The molecule has 1 aromatic rings. The molecule has 1 aromatic heterocycles. The Bertz CT molecular complexity index is 503. The van der Waals surface area contributed by atoms with E-state index in [1.165, 1.54) is 31.2 Å². The maximum Gasteiger partial charge on any atom is 0.244 e. The van der Waals surface area contributed by atoms with Crippen LogP contribution in [-0.4, -0.2) is 22.4 Å². The van der Waals surface area contributed by atoms with E-state index >= 15 is 0 Å². The number of rotatable bonds is 3. The van der Waals surface area contributed by atoms with Crippen LogP contribution in [0.15, 0.2) is 16.8 Å². The standard InChI is InChI=1S/C16H22N2OS/c1-11(12-4-5-12)18-14(13-6-9-20-10-13)17-16(15(18)19)7-2-3-8-16/h6,9-12,14,17H,2-5,7-8H2,1H3. The molecule has 3 nitrogen and oxygen atoms in total. The molecule has 1 amide bonds. The molecule has 0 aromatic carbocycles. The average molecular weight is 290 g/mol. The summed E-state index contributed by atoms with van der Waals surface area (Å²) in [6.07, 6.45) is 7.06. The van der Waals surface area contributed by atoms with Crippen LogP contribution >= 0.6 is 11.3 Å². The molecule has 2 aliphatic carbocycles. The summed E-state index contributed by atoms with van der Waals surface area (Å²) in [6, 6.07) is 2.54. The zero-order valence-corrected chi connectivity index (χ0v) is 12.8. The lowest BCUT2D eigenvalue weighted by Crippen LogP contribution is -2.45. The molecule has 4 rings (SSSR count). The summed E-state index contributed by atoms with van der Waals surface area (Å²) in [5.74, 6) is 1.09. The number of hydrogen-bond donors (Lipinski definition) is 1. The maximum absolute atomic E-state index is 13.1. The molecular weight excluding hydrogens is 268 g/mol. The normalized spacial score (nSPS) is 30.4. The van der Waals surface area contributed by atoms with Crippen molar-refractivity contribution in [3.05, 3.63) is 22.4 Å². The molecule has 0 radical (unpaired) electrons. The first kappa shape index (κ1) is 12.8. The second-order valence-electron chi connectivity index (χ2n) is 6.68. The van der Waals surface area contributed by atoms with Gasteiger partial charge in [0.1, 0.15) is 6.17 Å². The average Bonchev–Trinajstić information content (AvgIpc) is 2.90. The number of nitrogens with zero attached hydrogens (tertiary/aromatic N) is 1. The lowest BCUT2D eigenvalue weighted by atomic mass is 9.97. The van der Waals surface area contributed by atoms with Crippen molar-refractivity contribution in [1.29, 1.82) is 0 Å². The summed E-state index contributed by atoms with van der Waals surface area (Å²) in [5.41, 5.74) is 1.01. The summed E-state index contributed by atoms with van der Waals surface area (Å²) in [7, 11) is 0. The predicted molar refractivity (Wildman–Crippen MR) is 80.4 cm³/mol. The van der Waals surface area contributed by atoms with E-state index in [9.17, 15) is 4.79 Å². The maximum atomic E-state index is 13.1. The summed E-state index contributed by atoms with van der Waals surface area (Å²) in [4.78, 5) is 15.2. The minimum absolute atomic E-state index is 0.0995. The molecule has 108 valence electrons. The molecule has 2 unspecified atom stereocenters. The predicted octanol–water partition coefficient (Wildman–Crippen LogP) is 3.29. The van der Waals surface area contributed by atoms with Crippen molar-refractivity contribution in [2.24, 2.45) is 5.92 Å². The van der Waals surface area contributed by atoms with Crippen molar-refractivity contribution in [1.82, 2.24) is 10.2 Å². The Morgan fingerprint density at radius 1 is 1.40 bits per heavy atom. The molecule has 1 spiro atoms.